The molecule has 0 aliphatic carbocycles. The molecule has 12 aliphatic rings. The zero-order valence-electron chi connectivity index (χ0n) is 68.7. The Morgan fingerprint density at radius 3 is 0.944 bits per heavy atom. The SMILES string of the molecule is CN1C(=O)C2(CC3(CCCOC3)Oc3ccc(Br)cc32)N=C1N.N#Cc1cccc(B(O)O)c1.[C-]#[N+]c1cccc(-c2ccc3c(c2)C2(CC4(CCCOC4)O3)N=C(N)N(C)C2=O)c1.[C-]#[N+]c1cccc(-c2ccc3c(c2)C2(CC4(CCCOC4)O3)N=C(N)N(C)C2=O)c1.[C-]#[N+]c1cccc(-c2ccc3c(c2)[C@]2(C[C@@]4(CCCOC4)O3)N=C(N)N(C)C2=O)c1. The van der Waals surface area contributed by atoms with Crippen molar-refractivity contribution >= 4 is 93.0 Å². The molecule has 12 aliphatic heterocycles. The fraction of sp³-hybridized carbons (Fsp3) is 0.348. The van der Waals surface area contributed by atoms with E-state index in [1.165, 1.54) is 25.7 Å². The van der Waals surface area contributed by atoms with E-state index in [1.807, 2.05) is 133 Å². The largest absolute Gasteiger partial charge is 0.488 e. The number of fused-ring (bicyclic) bond motifs is 8. The van der Waals surface area contributed by atoms with E-state index in [-0.39, 0.29) is 47.5 Å². The quantitative estimate of drug-likeness (QED) is 0.0704. The smallest absolute Gasteiger partial charge is 0.484 e. The van der Waals surface area contributed by atoms with Gasteiger partial charge in [-0.15, -0.1) is 0 Å². The van der Waals surface area contributed by atoms with Gasteiger partial charge in [0.25, 0.3) is 23.6 Å². The predicted molar refractivity (Wildman–Crippen MR) is 466 cm³/mol. The molecular formula is C92H90BBrN16O14. The molecule has 0 aromatic heterocycles. The molecule has 6 unspecified atom stereocenters. The number of amides is 4. The molecule has 0 radical (unpaired) electrons. The molecular weight excluding hydrogens is 1640 g/mol. The van der Waals surface area contributed by atoms with Gasteiger partial charge >= 0.3 is 7.12 Å². The molecule has 0 bridgehead atoms. The van der Waals surface area contributed by atoms with Crippen LogP contribution in [0.3, 0.4) is 0 Å². The number of guanidine groups is 4. The average molecular weight is 1730 g/mol. The van der Waals surface area contributed by atoms with Gasteiger partial charge < -0.3 is 70.9 Å². The first-order chi connectivity index (χ1) is 59.6. The summed E-state index contributed by atoms with van der Waals surface area (Å²) in [5.74, 6) is 2.90. The van der Waals surface area contributed by atoms with Crippen LogP contribution in [0.4, 0.5) is 17.1 Å². The molecule has 8 atom stereocenters. The number of rotatable bonds is 4. The van der Waals surface area contributed by atoms with Crippen molar-refractivity contribution in [3.05, 3.63) is 236 Å². The molecule has 124 heavy (non-hydrogen) atoms. The number of hydrogen-bond donors (Lipinski definition) is 6. The zero-order chi connectivity index (χ0) is 87.3. The van der Waals surface area contributed by atoms with E-state index in [4.69, 9.17) is 95.9 Å². The lowest BCUT2D eigenvalue weighted by molar-refractivity contribution is -0.139. The lowest BCUT2D eigenvalue weighted by Gasteiger charge is -2.46. The Balaban J connectivity index is 0.000000118. The number of carbonyl (C=O) groups is 4. The normalized spacial score (nSPS) is 26.9. The molecule has 10 N–H and O–H groups in total. The molecule has 4 amide bonds. The van der Waals surface area contributed by atoms with Crippen LogP contribution in [0.5, 0.6) is 23.0 Å². The Morgan fingerprint density at radius 2 is 0.685 bits per heavy atom. The van der Waals surface area contributed by atoms with Gasteiger partial charge in [0.1, 0.15) is 45.4 Å². The number of hydrogen-bond acceptors (Lipinski definition) is 23. The van der Waals surface area contributed by atoms with Crippen molar-refractivity contribution in [3.8, 4) is 62.4 Å². The minimum Gasteiger partial charge on any atom is -0.484 e. The molecule has 12 heterocycles. The predicted octanol–water partition coefficient (Wildman–Crippen LogP) is 10.7. The highest BCUT2D eigenvalue weighted by molar-refractivity contribution is 9.10. The molecule has 8 aromatic rings. The fourth-order valence-electron chi connectivity index (χ4n) is 18.8. The van der Waals surface area contributed by atoms with E-state index in [0.717, 1.165) is 101 Å². The monoisotopic (exact) mass is 1730 g/mol. The number of halogens is 1. The van der Waals surface area contributed by atoms with Crippen molar-refractivity contribution in [2.24, 2.45) is 42.9 Å². The van der Waals surface area contributed by atoms with E-state index >= 15 is 0 Å². The first-order valence-corrected chi connectivity index (χ1v) is 41.5. The highest BCUT2D eigenvalue weighted by atomic mass is 79.9. The van der Waals surface area contributed by atoms with Crippen LogP contribution in [0.2, 0.25) is 0 Å². The highest BCUT2D eigenvalue weighted by Crippen LogP contribution is 2.57. The number of ether oxygens (including phenoxy) is 8. The summed E-state index contributed by atoms with van der Waals surface area (Å²) in [6.07, 6.45) is 8.39. The number of nitrogens with two attached hydrogens (primary N) is 4. The standard InChI is InChI=1S/3C23H22N4O3.C16H18BrN3O3.C7H6BNO2/c3*1-25-17-6-3-5-15(11-17)16-7-8-19-18(12-16)23(20(28)27(2)21(24)26-23)13-22(30-19)9-4-10-29-14-22;1-20-13(21)16(19-14(20)18)8-15(5-2-6-22-9-15)23-12-4-3-10(17)7-11(12)16;9-5-6-2-1-3-7(4-6)8(10)11/h3*3,5-8,11-12H,4,9-10,13-14H2,2H3,(H2,24,26);3-4,7H,2,5-6,8-9H2,1H3,(H2,18,19);1-4,10-11H/t22-,23+;;;;/m1..../s1. The van der Waals surface area contributed by atoms with Crippen molar-refractivity contribution in [1.82, 2.24) is 19.6 Å². The highest BCUT2D eigenvalue weighted by Gasteiger charge is 2.63. The van der Waals surface area contributed by atoms with Gasteiger partial charge in [0.05, 0.1) is 57.8 Å². The average Bonchev–Trinajstić information content (AvgIpc) is 1.55. The Hall–Kier alpha value is -13.0. The summed E-state index contributed by atoms with van der Waals surface area (Å²) in [7, 11) is 5.12. The fourth-order valence-corrected chi connectivity index (χ4v) is 19.1. The number of carbonyl (C=O) groups excluding carboxylic acids is 4. The number of nitriles is 1. The van der Waals surface area contributed by atoms with Gasteiger partial charge in [-0.1, -0.05) is 101 Å². The van der Waals surface area contributed by atoms with Crippen LogP contribution < -0.4 is 47.3 Å². The summed E-state index contributed by atoms with van der Waals surface area (Å²) >= 11 is 3.47. The molecule has 632 valence electrons. The molecule has 30 nitrogen and oxygen atoms in total. The Morgan fingerprint density at radius 1 is 0.403 bits per heavy atom. The van der Waals surface area contributed by atoms with Crippen molar-refractivity contribution in [1.29, 1.82) is 5.26 Å². The van der Waals surface area contributed by atoms with Crippen LogP contribution in [0, 0.1) is 31.0 Å². The minimum atomic E-state index is -1.50. The molecule has 32 heteroatoms. The molecule has 20 rings (SSSR count). The minimum absolute atomic E-state index is 0.109. The van der Waals surface area contributed by atoms with Crippen molar-refractivity contribution in [2.75, 3.05) is 81.0 Å². The zero-order valence-corrected chi connectivity index (χ0v) is 70.3. The number of likely N-dealkylation sites (N-methyl/N-ethyl adjacent to an activating group) is 4. The second kappa shape index (κ2) is 33.3. The van der Waals surface area contributed by atoms with Gasteiger partial charge in [-0.25, -0.2) is 34.5 Å². The summed E-state index contributed by atoms with van der Waals surface area (Å²) in [5, 5.41) is 25.8. The van der Waals surface area contributed by atoms with Gasteiger partial charge in [0, 0.05) is 107 Å². The van der Waals surface area contributed by atoms with Gasteiger partial charge in [0.15, 0.2) is 63.1 Å². The van der Waals surface area contributed by atoms with Crippen LogP contribution in [0.15, 0.2) is 194 Å². The van der Waals surface area contributed by atoms with Crippen LogP contribution in [0.1, 0.15) is 105 Å². The molecule has 8 aromatic carbocycles. The van der Waals surface area contributed by atoms with Crippen molar-refractivity contribution in [3.63, 3.8) is 0 Å². The van der Waals surface area contributed by atoms with Gasteiger partial charge in [-0.2, -0.15) is 5.26 Å². The van der Waals surface area contributed by atoms with E-state index in [2.05, 4.69) is 50.4 Å². The van der Waals surface area contributed by atoms with Crippen LogP contribution in [-0.2, 0) is 60.3 Å². The Kier molecular flexibility index (Phi) is 22.7. The van der Waals surface area contributed by atoms with Gasteiger partial charge in [-0.3, -0.25) is 38.8 Å². The van der Waals surface area contributed by atoms with Crippen molar-refractivity contribution < 1.29 is 67.1 Å². The molecule has 0 saturated carbocycles. The number of aliphatic imine (C=N–C) groups is 4. The molecule has 8 spiro atoms. The third-order valence-corrected chi connectivity index (χ3v) is 25.4. The summed E-state index contributed by atoms with van der Waals surface area (Å²) < 4.78 is 49.4. The summed E-state index contributed by atoms with van der Waals surface area (Å²) in [4.78, 5) is 88.2. The number of nitrogens with zero attached hydrogens (tertiary/aromatic N) is 12. The summed E-state index contributed by atoms with van der Waals surface area (Å²) in [6.45, 7) is 26.4. The first kappa shape index (κ1) is 84.6. The van der Waals surface area contributed by atoms with E-state index < -0.39 is 51.7 Å². The first-order valence-electron chi connectivity index (χ1n) is 40.7. The van der Waals surface area contributed by atoms with Crippen LogP contribution in [0.25, 0.3) is 47.9 Å². The van der Waals surface area contributed by atoms with Crippen molar-refractivity contribution in [2.45, 2.75) is 122 Å². The van der Waals surface area contributed by atoms with Crippen LogP contribution >= 0.6 is 15.9 Å². The van der Waals surface area contributed by atoms with E-state index in [0.29, 0.717) is 140 Å². The van der Waals surface area contributed by atoms with E-state index in [1.54, 1.807) is 64.6 Å². The van der Waals surface area contributed by atoms with Gasteiger partial charge in [-0.05, 0) is 175 Å². The maximum atomic E-state index is 13.4. The van der Waals surface area contributed by atoms with Gasteiger partial charge in [0.2, 0.25) is 0 Å². The lowest BCUT2D eigenvalue weighted by Crippen LogP contribution is -2.55. The molecule has 4 saturated heterocycles. The summed E-state index contributed by atoms with van der Waals surface area (Å²) in [6, 6.07) is 53.4. The second-order valence-electron chi connectivity index (χ2n) is 33.1. The third kappa shape index (κ3) is 15.4. The third-order valence-electron chi connectivity index (χ3n) is 24.9. The maximum absolute atomic E-state index is 13.4. The molecule has 4 fully saturated rings. The Labute approximate surface area is 725 Å². The Bertz CT molecular complexity index is 5530. The topological polar surface area (TPSA) is 386 Å². The lowest BCUT2D eigenvalue weighted by atomic mass is 9.74. The number of benzene rings is 8. The summed E-state index contributed by atoms with van der Waals surface area (Å²) in [5.41, 5.74) is 28.3. The van der Waals surface area contributed by atoms with E-state index in [9.17, 15) is 19.2 Å². The van der Waals surface area contributed by atoms with Crippen LogP contribution in [-0.4, -0.2) is 188 Å². The second-order valence-corrected chi connectivity index (χ2v) is 34.0. The maximum Gasteiger partial charge on any atom is 0.488 e.